The Morgan fingerprint density at radius 1 is 1.00 bits per heavy atom. The Morgan fingerprint density at radius 2 is 1.63 bits per heavy atom. The van der Waals surface area contributed by atoms with Gasteiger partial charge in [-0.15, -0.1) is 0 Å². The van der Waals surface area contributed by atoms with Gasteiger partial charge in [-0.1, -0.05) is 30.3 Å². The molecule has 102 valence electrons. The van der Waals surface area contributed by atoms with Gasteiger partial charge < -0.3 is 9.84 Å². The van der Waals surface area contributed by atoms with Crippen molar-refractivity contribution >= 4 is 17.7 Å². The van der Waals surface area contributed by atoms with Crippen LogP contribution in [-0.4, -0.2) is 29.4 Å². The van der Waals surface area contributed by atoms with Gasteiger partial charge in [0.25, 0.3) is 0 Å². The summed E-state index contributed by atoms with van der Waals surface area (Å²) in [6.45, 7) is -0.276. The monoisotopic (exact) mass is 264 g/mol. The van der Waals surface area contributed by atoms with Crippen LogP contribution in [0.4, 0.5) is 0 Å². The number of rotatable bonds is 8. The summed E-state index contributed by atoms with van der Waals surface area (Å²) in [6, 6.07) is 8.58. The molecule has 0 aliphatic heterocycles. The Bertz CT molecular complexity index is 438. The van der Waals surface area contributed by atoms with E-state index in [1.807, 2.05) is 0 Å². The van der Waals surface area contributed by atoms with Crippen LogP contribution >= 0.6 is 0 Å². The summed E-state index contributed by atoms with van der Waals surface area (Å²) in [7, 11) is 0. The highest BCUT2D eigenvalue weighted by Gasteiger charge is 2.09. The Kier molecular flexibility index (Phi) is 6.29. The molecule has 0 amide bonds. The first kappa shape index (κ1) is 14.9. The highest BCUT2D eigenvalue weighted by Crippen LogP contribution is 2.03. The van der Waals surface area contributed by atoms with Crippen LogP contribution < -0.4 is 0 Å². The molecule has 5 heteroatoms. The number of carbonyl (C=O) groups is 3. The third-order valence-electron chi connectivity index (χ3n) is 2.48. The summed E-state index contributed by atoms with van der Waals surface area (Å²) in [5.41, 5.74) is 0.501. The fraction of sp³-hybridized carbons (Fsp3) is 0.357. The van der Waals surface area contributed by atoms with Crippen LogP contribution in [0.3, 0.4) is 0 Å². The molecule has 0 atom stereocenters. The maximum Gasteiger partial charge on any atom is 0.306 e. The van der Waals surface area contributed by atoms with Crippen molar-refractivity contribution in [1.82, 2.24) is 0 Å². The average Bonchev–Trinajstić information content (AvgIpc) is 2.41. The van der Waals surface area contributed by atoms with Crippen LogP contribution in [0.2, 0.25) is 0 Å². The van der Waals surface area contributed by atoms with Crippen molar-refractivity contribution in [2.45, 2.75) is 25.7 Å². The third-order valence-corrected chi connectivity index (χ3v) is 2.48. The lowest BCUT2D eigenvalue weighted by Crippen LogP contribution is -2.13. The lowest BCUT2D eigenvalue weighted by molar-refractivity contribution is -0.143. The van der Waals surface area contributed by atoms with Gasteiger partial charge in [0.1, 0.15) is 0 Å². The second kappa shape index (κ2) is 8.02. The second-order valence-electron chi connectivity index (χ2n) is 4.05. The molecule has 0 spiro atoms. The molecular formula is C14H16O5. The number of unbranched alkanes of at least 4 members (excludes halogenated alkanes) is 1. The number of ketones is 1. The number of hydrogen-bond donors (Lipinski definition) is 1. The van der Waals surface area contributed by atoms with E-state index in [0.29, 0.717) is 18.4 Å². The number of ether oxygens (including phenoxy) is 1. The molecular weight excluding hydrogens is 248 g/mol. The quantitative estimate of drug-likeness (QED) is 0.441. The molecule has 0 aliphatic carbocycles. The van der Waals surface area contributed by atoms with E-state index in [9.17, 15) is 14.4 Å². The molecule has 1 rings (SSSR count). The third kappa shape index (κ3) is 6.35. The molecule has 1 N–H and O–H groups in total. The van der Waals surface area contributed by atoms with Crippen LogP contribution in [0.25, 0.3) is 0 Å². The van der Waals surface area contributed by atoms with E-state index in [-0.39, 0.29) is 25.2 Å². The van der Waals surface area contributed by atoms with Gasteiger partial charge in [-0.05, 0) is 12.8 Å². The van der Waals surface area contributed by atoms with Gasteiger partial charge in [-0.25, -0.2) is 0 Å². The van der Waals surface area contributed by atoms with Gasteiger partial charge in [0.15, 0.2) is 12.4 Å². The molecule has 0 bridgehead atoms. The summed E-state index contributed by atoms with van der Waals surface area (Å²) < 4.78 is 4.83. The minimum atomic E-state index is -0.882. The molecule has 0 saturated heterocycles. The summed E-state index contributed by atoms with van der Waals surface area (Å²) in [5, 5.41) is 8.42. The number of Topliss-reactive ketones (excluding diaryl/α,β-unsaturated/α-hetero) is 1. The maximum absolute atomic E-state index is 11.6. The number of carbonyl (C=O) groups excluding carboxylic acids is 2. The van der Waals surface area contributed by atoms with Crippen LogP contribution in [0.5, 0.6) is 0 Å². The van der Waals surface area contributed by atoms with Crippen molar-refractivity contribution in [2.24, 2.45) is 0 Å². The molecule has 5 nitrogen and oxygen atoms in total. The van der Waals surface area contributed by atoms with E-state index < -0.39 is 11.9 Å². The lowest BCUT2D eigenvalue weighted by atomic mass is 10.1. The zero-order chi connectivity index (χ0) is 14.1. The minimum Gasteiger partial charge on any atom is -0.481 e. The first-order chi connectivity index (χ1) is 9.09. The van der Waals surface area contributed by atoms with Gasteiger partial charge in [-0.3, -0.25) is 14.4 Å². The van der Waals surface area contributed by atoms with Crippen molar-refractivity contribution in [3.8, 4) is 0 Å². The molecule has 1 aromatic rings. The molecule has 0 unspecified atom stereocenters. The topological polar surface area (TPSA) is 80.7 Å². The van der Waals surface area contributed by atoms with E-state index in [4.69, 9.17) is 9.84 Å². The molecule has 0 aliphatic rings. The van der Waals surface area contributed by atoms with E-state index >= 15 is 0 Å². The molecule has 0 radical (unpaired) electrons. The van der Waals surface area contributed by atoms with E-state index in [1.54, 1.807) is 30.3 Å². The highest BCUT2D eigenvalue weighted by molar-refractivity contribution is 5.97. The lowest BCUT2D eigenvalue weighted by Gasteiger charge is -2.04. The zero-order valence-corrected chi connectivity index (χ0v) is 10.5. The van der Waals surface area contributed by atoms with Gasteiger partial charge in [0.2, 0.25) is 0 Å². The fourth-order valence-corrected chi connectivity index (χ4v) is 1.47. The SMILES string of the molecule is O=C(O)CCCCC(=O)OCC(=O)c1ccccc1. The van der Waals surface area contributed by atoms with E-state index in [2.05, 4.69) is 0 Å². The average molecular weight is 264 g/mol. The summed E-state index contributed by atoms with van der Waals surface area (Å²) in [5.74, 6) is -1.61. The fourth-order valence-electron chi connectivity index (χ4n) is 1.47. The Hall–Kier alpha value is -2.17. The predicted octanol–water partition coefficient (Wildman–Crippen LogP) is 2.06. The summed E-state index contributed by atoms with van der Waals surface area (Å²) in [6.07, 6.45) is 1.05. The molecule has 1 aromatic carbocycles. The van der Waals surface area contributed by atoms with Crippen LogP contribution in [0.1, 0.15) is 36.0 Å². The largest absolute Gasteiger partial charge is 0.481 e. The first-order valence-electron chi connectivity index (χ1n) is 6.05. The number of benzene rings is 1. The Morgan fingerprint density at radius 3 is 2.26 bits per heavy atom. The molecule has 19 heavy (non-hydrogen) atoms. The molecule has 0 heterocycles. The van der Waals surface area contributed by atoms with Crippen LogP contribution in [0, 0.1) is 0 Å². The highest BCUT2D eigenvalue weighted by atomic mass is 16.5. The van der Waals surface area contributed by atoms with Crippen molar-refractivity contribution in [3.63, 3.8) is 0 Å². The summed E-state index contributed by atoms with van der Waals surface area (Å²) in [4.78, 5) is 33.2. The van der Waals surface area contributed by atoms with Crippen molar-refractivity contribution in [2.75, 3.05) is 6.61 Å². The summed E-state index contributed by atoms with van der Waals surface area (Å²) >= 11 is 0. The minimum absolute atomic E-state index is 0.0379. The number of carboxylic acid groups (broad SMARTS) is 1. The van der Waals surface area contributed by atoms with Gasteiger partial charge in [0, 0.05) is 18.4 Å². The standard InChI is InChI=1S/C14H16O5/c15-12(11-6-2-1-3-7-11)10-19-14(18)9-5-4-8-13(16)17/h1-3,6-7H,4-5,8-10H2,(H,16,17). The normalized spacial score (nSPS) is 9.89. The number of aliphatic carboxylic acids is 1. The van der Waals surface area contributed by atoms with Crippen LogP contribution in [0.15, 0.2) is 30.3 Å². The zero-order valence-electron chi connectivity index (χ0n) is 10.5. The molecule has 0 fully saturated rings. The van der Waals surface area contributed by atoms with E-state index in [1.165, 1.54) is 0 Å². The maximum atomic E-state index is 11.6. The van der Waals surface area contributed by atoms with E-state index in [0.717, 1.165) is 0 Å². The van der Waals surface area contributed by atoms with Crippen molar-refractivity contribution in [1.29, 1.82) is 0 Å². The van der Waals surface area contributed by atoms with Gasteiger partial charge >= 0.3 is 11.9 Å². The van der Waals surface area contributed by atoms with Gasteiger partial charge in [-0.2, -0.15) is 0 Å². The van der Waals surface area contributed by atoms with Crippen molar-refractivity contribution < 1.29 is 24.2 Å². The molecule has 0 saturated carbocycles. The predicted molar refractivity (Wildman–Crippen MR) is 67.8 cm³/mol. The number of carboxylic acids is 1. The first-order valence-corrected chi connectivity index (χ1v) is 6.05. The van der Waals surface area contributed by atoms with Crippen molar-refractivity contribution in [3.05, 3.63) is 35.9 Å². The Balaban J connectivity index is 2.20. The smallest absolute Gasteiger partial charge is 0.306 e. The second-order valence-corrected chi connectivity index (χ2v) is 4.05. The Labute approximate surface area is 111 Å². The number of hydrogen-bond acceptors (Lipinski definition) is 4. The molecule has 0 aromatic heterocycles. The number of esters is 1. The van der Waals surface area contributed by atoms with Gasteiger partial charge in [0.05, 0.1) is 0 Å². The van der Waals surface area contributed by atoms with Crippen LogP contribution in [-0.2, 0) is 14.3 Å².